The monoisotopic (exact) mass is 501 g/mol. The highest BCUT2D eigenvalue weighted by atomic mass is 32.2. The quantitative estimate of drug-likeness (QED) is 0.285. The van der Waals surface area contributed by atoms with Crippen molar-refractivity contribution in [2.75, 3.05) is 12.4 Å². The lowest BCUT2D eigenvalue weighted by atomic mass is 10.1. The molecule has 0 spiro atoms. The number of halogens is 8. The van der Waals surface area contributed by atoms with Gasteiger partial charge in [-0.2, -0.15) is 36.5 Å². The molecule has 0 fully saturated rings. The van der Waals surface area contributed by atoms with Crippen LogP contribution in [0.25, 0.3) is 11.4 Å². The van der Waals surface area contributed by atoms with Crippen LogP contribution in [0.3, 0.4) is 0 Å². The molecule has 0 saturated carbocycles. The standard InChI is InChI=1S/C18H15F8N5OS/c1-2-33-14-4-3-11(31-10-27-9-29-31)5-13(14)30-7-12(6-28-30)32-8-16(21,22)18(25,26)17(23,24)15(19)20/h3-7,9-10,15H,2,8H2,1H3. The van der Waals surface area contributed by atoms with Crippen LogP contribution in [0.1, 0.15) is 6.92 Å². The van der Waals surface area contributed by atoms with Crippen LogP contribution in [0, 0.1) is 0 Å². The zero-order chi connectivity index (χ0) is 24.4. The minimum atomic E-state index is -6.35. The van der Waals surface area contributed by atoms with Crippen LogP contribution in [-0.2, 0) is 0 Å². The topological polar surface area (TPSA) is 57.8 Å². The number of hydrogen-bond donors (Lipinski definition) is 0. The molecule has 0 N–H and O–H groups in total. The number of rotatable bonds is 10. The second kappa shape index (κ2) is 9.19. The number of ether oxygens (including phenoxy) is 1. The molecule has 2 aromatic heterocycles. The molecule has 0 bridgehead atoms. The van der Waals surface area contributed by atoms with Gasteiger partial charge >= 0.3 is 24.2 Å². The fourth-order valence-electron chi connectivity index (χ4n) is 2.60. The SMILES string of the molecule is CCSc1ccc(-n2cncn2)cc1-n1cc(OCC(F)(F)C(F)(F)C(F)(F)C(F)F)cn1. The van der Waals surface area contributed by atoms with Crippen LogP contribution in [0.5, 0.6) is 5.75 Å². The smallest absolute Gasteiger partial charge is 0.381 e. The van der Waals surface area contributed by atoms with Crippen molar-refractivity contribution < 1.29 is 39.9 Å². The van der Waals surface area contributed by atoms with E-state index >= 15 is 0 Å². The van der Waals surface area contributed by atoms with Gasteiger partial charge in [-0.3, -0.25) is 0 Å². The number of alkyl halides is 8. The fraction of sp³-hybridized carbons (Fsp3) is 0.389. The van der Waals surface area contributed by atoms with E-state index in [-0.39, 0.29) is 0 Å². The molecule has 0 aliphatic heterocycles. The molecule has 15 heteroatoms. The normalized spacial score (nSPS) is 13.0. The lowest BCUT2D eigenvalue weighted by molar-refractivity contribution is -0.342. The molecule has 0 saturated heterocycles. The first-order valence-electron chi connectivity index (χ1n) is 9.12. The van der Waals surface area contributed by atoms with Crippen molar-refractivity contribution in [2.45, 2.75) is 36.0 Å². The number of nitrogens with zero attached hydrogens (tertiary/aromatic N) is 5. The molecule has 2 heterocycles. The molecule has 3 rings (SSSR count). The summed E-state index contributed by atoms with van der Waals surface area (Å²) in [6, 6.07) is 5.11. The third kappa shape index (κ3) is 4.77. The van der Waals surface area contributed by atoms with Crippen LogP contribution < -0.4 is 4.74 Å². The van der Waals surface area contributed by atoms with E-state index in [2.05, 4.69) is 19.9 Å². The Morgan fingerprint density at radius 1 is 1.06 bits per heavy atom. The zero-order valence-electron chi connectivity index (χ0n) is 16.6. The highest BCUT2D eigenvalue weighted by Crippen LogP contribution is 2.48. The van der Waals surface area contributed by atoms with Crippen molar-refractivity contribution in [3.05, 3.63) is 43.2 Å². The predicted molar refractivity (Wildman–Crippen MR) is 101 cm³/mol. The third-order valence-corrected chi connectivity index (χ3v) is 5.25. The second-order valence-electron chi connectivity index (χ2n) is 6.54. The van der Waals surface area contributed by atoms with Gasteiger partial charge in [0.15, 0.2) is 12.4 Å². The highest BCUT2D eigenvalue weighted by molar-refractivity contribution is 7.99. The van der Waals surface area contributed by atoms with Gasteiger partial charge in [0.1, 0.15) is 12.7 Å². The average Bonchev–Trinajstić information content (AvgIpc) is 3.45. The van der Waals surface area contributed by atoms with Crippen molar-refractivity contribution in [3.8, 4) is 17.1 Å². The van der Waals surface area contributed by atoms with Crippen molar-refractivity contribution >= 4 is 11.8 Å². The number of benzene rings is 1. The van der Waals surface area contributed by atoms with Crippen molar-refractivity contribution in [1.82, 2.24) is 24.5 Å². The molecule has 0 unspecified atom stereocenters. The van der Waals surface area contributed by atoms with E-state index in [9.17, 15) is 35.1 Å². The highest BCUT2D eigenvalue weighted by Gasteiger charge is 2.75. The lowest BCUT2D eigenvalue weighted by Gasteiger charge is -2.31. The van der Waals surface area contributed by atoms with E-state index in [4.69, 9.17) is 0 Å². The van der Waals surface area contributed by atoms with E-state index in [0.29, 0.717) is 22.0 Å². The molecular formula is C18H15F8N5OS. The Labute approximate surface area is 185 Å². The minimum Gasteiger partial charge on any atom is -0.484 e. The lowest BCUT2D eigenvalue weighted by Crippen LogP contribution is -2.59. The fourth-order valence-corrected chi connectivity index (χ4v) is 3.38. The summed E-state index contributed by atoms with van der Waals surface area (Å²) in [4.78, 5) is 4.54. The van der Waals surface area contributed by atoms with Crippen LogP contribution in [0.2, 0.25) is 0 Å². The molecule has 0 amide bonds. The molecular weight excluding hydrogens is 486 g/mol. The van der Waals surface area contributed by atoms with Crippen LogP contribution in [0.15, 0.2) is 48.1 Å². The summed E-state index contributed by atoms with van der Waals surface area (Å²) in [7, 11) is 0. The van der Waals surface area contributed by atoms with Gasteiger partial charge < -0.3 is 4.74 Å². The first kappa shape index (κ1) is 24.8. The van der Waals surface area contributed by atoms with Gasteiger partial charge in [0.05, 0.1) is 23.8 Å². The molecule has 0 aliphatic rings. The summed E-state index contributed by atoms with van der Waals surface area (Å²) in [6.45, 7) is -0.390. The van der Waals surface area contributed by atoms with E-state index in [1.54, 1.807) is 18.2 Å². The second-order valence-corrected chi connectivity index (χ2v) is 7.84. The molecule has 0 atom stereocenters. The number of aromatic nitrogens is 5. The van der Waals surface area contributed by atoms with Gasteiger partial charge in [-0.1, -0.05) is 6.92 Å². The van der Waals surface area contributed by atoms with E-state index in [1.807, 2.05) is 6.92 Å². The maximum Gasteiger partial charge on any atom is 0.381 e. The van der Waals surface area contributed by atoms with Crippen molar-refractivity contribution in [2.24, 2.45) is 0 Å². The number of hydrogen-bond acceptors (Lipinski definition) is 5. The molecule has 0 radical (unpaired) electrons. The minimum absolute atomic E-state index is 0.450. The molecule has 33 heavy (non-hydrogen) atoms. The van der Waals surface area contributed by atoms with Crippen molar-refractivity contribution in [1.29, 1.82) is 0 Å². The summed E-state index contributed by atoms with van der Waals surface area (Å²) in [6.07, 6.45) is -0.308. The average molecular weight is 501 g/mol. The van der Waals surface area contributed by atoms with E-state index in [1.165, 1.54) is 33.8 Å². The Morgan fingerprint density at radius 2 is 1.79 bits per heavy atom. The Kier molecular flexibility index (Phi) is 6.91. The Balaban J connectivity index is 1.83. The van der Waals surface area contributed by atoms with Gasteiger partial charge in [-0.15, -0.1) is 11.8 Å². The molecule has 1 aromatic carbocycles. The van der Waals surface area contributed by atoms with Gasteiger partial charge in [0.25, 0.3) is 0 Å². The Morgan fingerprint density at radius 3 is 2.39 bits per heavy atom. The van der Waals surface area contributed by atoms with Crippen LogP contribution in [0.4, 0.5) is 35.1 Å². The zero-order valence-corrected chi connectivity index (χ0v) is 17.4. The Bertz CT molecular complexity index is 1070. The van der Waals surface area contributed by atoms with E-state index in [0.717, 1.165) is 12.4 Å². The molecule has 6 nitrogen and oxygen atoms in total. The first-order valence-corrected chi connectivity index (χ1v) is 10.1. The predicted octanol–water partition coefficient (Wildman–Crippen LogP) is 5.11. The molecule has 180 valence electrons. The summed E-state index contributed by atoms with van der Waals surface area (Å²) in [5.41, 5.74) is 1.02. The largest absolute Gasteiger partial charge is 0.484 e. The summed E-state index contributed by atoms with van der Waals surface area (Å²) >= 11 is 1.42. The maximum absolute atomic E-state index is 13.7. The van der Waals surface area contributed by atoms with Gasteiger partial charge in [-0.05, 0) is 24.0 Å². The molecule has 0 aliphatic carbocycles. The summed E-state index contributed by atoms with van der Waals surface area (Å²) < 4.78 is 112. The van der Waals surface area contributed by atoms with E-state index < -0.39 is 36.5 Å². The third-order valence-electron chi connectivity index (χ3n) is 4.30. The first-order chi connectivity index (χ1) is 15.4. The van der Waals surface area contributed by atoms with Crippen molar-refractivity contribution in [3.63, 3.8) is 0 Å². The van der Waals surface area contributed by atoms with Crippen LogP contribution >= 0.6 is 11.8 Å². The molecule has 3 aromatic rings. The van der Waals surface area contributed by atoms with Gasteiger partial charge in [0.2, 0.25) is 0 Å². The summed E-state index contributed by atoms with van der Waals surface area (Å²) in [5.74, 6) is -18.0. The van der Waals surface area contributed by atoms with Crippen LogP contribution in [-0.4, -0.2) is 61.1 Å². The van der Waals surface area contributed by atoms with Gasteiger partial charge in [-0.25, -0.2) is 23.1 Å². The summed E-state index contributed by atoms with van der Waals surface area (Å²) in [5, 5.41) is 7.91. The maximum atomic E-state index is 13.7. The van der Waals surface area contributed by atoms with Gasteiger partial charge in [0, 0.05) is 4.90 Å². The number of thioether (sulfide) groups is 1. The Hall–Kier alpha value is -2.84.